The number of hydrogen-bond donors (Lipinski definition) is 0. The minimum atomic E-state index is -0.197. The predicted molar refractivity (Wildman–Crippen MR) is 54.4 cm³/mol. The van der Waals surface area contributed by atoms with Crippen molar-refractivity contribution in [1.82, 2.24) is 0 Å². The van der Waals surface area contributed by atoms with Gasteiger partial charge in [0.25, 0.3) is 0 Å². The number of carbonyl (C=O) groups excluding carboxylic acids is 1. The first-order valence-electron chi connectivity index (χ1n) is 4.70. The molecule has 2 heteroatoms. The second-order valence-electron chi connectivity index (χ2n) is 3.98. The van der Waals surface area contributed by atoms with E-state index in [-0.39, 0.29) is 17.3 Å². The summed E-state index contributed by atoms with van der Waals surface area (Å²) in [7, 11) is 1.42. The molecule has 76 valence electrons. The highest BCUT2D eigenvalue weighted by atomic mass is 16.5. The number of ether oxygens (including phenoxy) is 1. The van der Waals surface area contributed by atoms with Gasteiger partial charge in [0.1, 0.15) is 0 Å². The van der Waals surface area contributed by atoms with Crippen molar-refractivity contribution in [2.24, 2.45) is 11.3 Å². The topological polar surface area (TPSA) is 26.3 Å². The van der Waals surface area contributed by atoms with E-state index in [9.17, 15) is 4.79 Å². The van der Waals surface area contributed by atoms with Crippen molar-refractivity contribution >= 4 is 5.97 Å². The Morgan fingerprint density at radius 2 is 2.15 bits per heavy atom. The van der Waals surface area contributed by atoms with Crippen LogP contribution in [-0.4, -0.2) is 13.1 Å². The first-order chi connectivity index (χ1) is 5.99. The molecular weight excluding hydrogens is 164 g/mol. The molecule has 1 atom stereocenters. The Morgan fingerprint density at radius 3 is 2.46 bits per heavy atom. The van der Waals surface area contributed by atoms with Crippen LogP contribution in [-0.2, 0) is 9.53 Å². The summed E-state index contributed by atoms with van der Waals surface area (Å²) in [5.41, 5.74) is -0.0520. The van der Waals surface area contributed by atoms with Gasteiger partial charge in [-0.15, -0.1) is 6.58 Å². The van der Waals surface area contributed by atoms with E-state index in [1.54, 1.807) is 6.08 Å². The van der Waals surface area contributed by atoms with E-state index in [1.807, 2.05) is 0 Å². The molecule has 0 rings (SSSR count). The van der Waals surface area contributed by atoms with E-state index in [0.717, 1.165) is 12.8 Å². The molecule has 0 N–H and O–H groups in total. The third kappa shape index (κ3) is 3.21. The van der Waals surface area contributed by atoms with E-state index in [2.05, 4.69) is 27.4 Å². The Bertz CT molecular complexity index is 183. The normalized spacial score (nSPS) is 13.5. The third-order valence-electron chi connectivity index (χ3n) is 2.43. The lowest BCUT2D eigenvalue weighted by Crippen LogP contribution is -2.30. The number of hydrogen-bond acceptors (Lipinski definition) is 2. The molecule has 0 spiro atoms. The van der Waals surface area contributed by atoms with Gasteiger partial charge in [-0.3, -0.25) is 4.79 Å². The minimum absolute atomic E-state index is 0.0520. The number of methoxy groups -OCH3 is 1. The van der Waals surface area contributed by atoms with Gasteiger partial charge < -0.3 is 4.74 Å². The summed E-state index contributed by atoms with van der Waals surface area (Å²) >= 11 is 0. The van der Waals surface area contributed by atoms with Crippen LogP contribution in [0.4, 0.5) is 0 Å². The molecule has 0 aliphatic carbocycles. The van der Waals surface area contributed by atoms with Crippen LogP contribution in [0.5, 0.6) is 0 Å². The smallest absolute Gasteiger partial charge is 0.313 e. The minimum Gasteiger partial charge on any atom is -0.469 e. The van der Waals surface area contributed by atoms with E-state index < -0.39 is 0 Å². The van der Waals surface area contributed by atoms with Gasteiger partial charge in [-0.25, -0.2) is 0 Å². The Morgan fingerprint density at radius 1 is 1.62 bits per heavy atom. The Balaban J connectivity index is 4.54. The maximum atomic E-state index is 11.4. The molecule has 0 aromatic carbocycles. The second kappa shape index (κ2) is 5.05. The van der Waals surface area contributed by atoms with Crippen LogP contribution in [0.15, 0.2) is 12.7 Å². The summed E-state index contributed by atoms with van der Waals surface area (Å²) in [6.45, 7) is 9.93. The van der Waals surface area contributed by atoms with Crippen molar-refractivity contribution in [2.45, 2.75) is 33.6 Å². The molecule has 0 fully saturated rings. The van der Waals surface area contributed by atoms with Crippen LogP contribution >= 0.6 is 0 Å². The zero-order chi connectivity index (χ0) is 10.5. The van der Waals surface area contributed by atoms with Gasteiger partial charge in [0, 0.05) is 0 Å². The maximum absolute atomic E-state index is 11.4. The molecule has 0 saturated heterocycles. The summed E-state index contributed by atoms with van der Waals surface area (Å²) in [6, 6.07) is 0. The highest BCUT2D eigenvalue weighted by molar-refractivity contribution is 5.75. The Labute approximate surface area is 81.0 Å². The van der Waals surface area contributed by atoms with Gasteiger partial charge >= 0.3 is 5.97 Å². The molecular formula is C11H20O2. The van der Waals surface area contributed by atoms with Crippen molar-refractivity contribution < 1.29 is 9.53 Å². The lowest BCUT2D eigenvalue weighted by molar-refractivity contribution is -0.147. The van der Waals surface area contributed by atoms with Gasteiger partial charge in [-0.05, 0) is 11.8 Å². The second-order valence-corrected chi connectivity index (χ2v) is 3.98. The van der Waals surface area contributed by atoms with Crippen LogP contribution in [0.25, 0.3) is 0 Å². The van der Waals surface area contributed by atoms with E-state index in [0.29, 0.717) is 0 Å². The summed E-state index contributed by atoms with van der Waals surface area (Å²) in [6.07, 6.45) is 3.74. The zero-order valence-corrected chi connectivity index (χ0v) is 9.09. The lowest BCUT2D eigenvalue weighted by Gasteiger charge is -2.29. The molecule has 0 aromatic heterocycles. The fourth-order valence-corrected chi connectivity index (χ4v) is 1.66. The fourth-order valence-electron chi connectivity index (χ4n) is 1.66. The average molecular weight is 184 g/mol. The van der Waals surface area contributed by atoms with Crippen LogP contribution in [0.2, 0.25) is 0 Å². The van der Waals surface area contributed by atoms with Crippen LogP contribution in [0.3, 0.4) is 0 Å². The van der Waals surface area contributed by atoms with E-state index >= 15 is 0 Å². The average Bonchev–Trinajstić information content (AvgIpc) is 2.04. The van der Waals surface area contributed by atoms with Crippen LogP contribution in [0, 0.1) is 11.3 Å². The Hall–Kier alpha value is -0.790. The van der Waals surface area contributed by atoms with Crippen molar-refractivity contribution in [2.75, 3.05) is 7.11 Å². The molecule has 2 nitrogen and oxygen atoms in total. The molecule has 0 aromatic rings. The largest absolute Gasteiger partial charge is 0.469 e. The SMILES string of the molecule is C=CC(C(=O)OC)C(C)(C)CCC. The number of carbonyl (C=O) groups is 1. The van der Waals surface area contributed by atoms with Crippen LogP contribution < -0.4 is 0 Å². The Kier molecular flexibility index (Phi) is 4.74. The van der Waals surface area contributed by atoms with Gasteiger partial charge in [0.2, 0.25) is 0 Å². The predicted octanol–water partition coefficient (Wildman–Crippen LogP) is 2.79. The molecule has 0 aliphatic rings. The summed E-state index contributed by atoms with van der Waals surface area (Å²) in [5, 5.41) is 0. The first-order valence-corrected chi connectivity index (χ1v) is 4.70. The van der Waals surface area contributed by atoms with Crippen molar-refractivity contribution in [3.63, 3.8) is 0 Å². The van der Waals surface area contributed by atoms with Crippen LogP contribution in [0.1, 0.15) is 33.6 Å². The summed E-state index contributed by atoms with van der Waals surface area (Å²) in [4.78, 5) is 11.4. The molecule has 0 amide bonds. The maximum Gasteiger partial charge on any atom is 0.313 e. The molecule has 0 radical (unpaired) electrons. The highest BCUT2D eigenvalue weighted by Crippen LogP contribution is 2.33. The number of rotatable bonds is 5. The van der Waals surface area contributed by atoms with Crippen molar-refractivity contribution in [3.05, 3.63) is 12.7 Å². The molecule has 13 heavy (non-hydrogen) atoms. The van der Waals surface area contributed by atoms with Gasteiger partial charge in [-0.2, -0.15) is 0 Å². The molecule has 0 saturated carbocycles. The molecule has 0 aliphatic heterocycles. The zero-order valence-electron chi connectivity index (χ0n) is 9.09. The molecule has 1 unspecified atom stereocenters. The molecule has 0 heterocycles. The number of esters is 1. The first kappa shape index (κ1) is 12.2. The van der Waals surface area contributed by atoms with Crippen molar-refractivity contribution in [1.29, 1.82) is 0 Å². The lowest BCUT2D eigenvalue weighted by atomic mass is 9.75. The van der Waals surface area contributed by atoms with E-state index in [1.165, 1.54) is 7.11 Å². The standard InChI is InChI=1S/C11H20O2/c1-6-8-11(3,4)9(7-2)10(12)13-5/h7,9H,2,6,8H2,1,3-5H3. The third-order valence-corrected chi connectivity index (χ3v) is 2.43. The fraction of sp³-hybridized carbons (Fsp3) is 0.727. The summed E-state index contributed by atoms with van der Waals surface area (Å²) in [5.74, 6) is -0.383. The van der Waals surface area contributed by atoms with Gasteiger partial charge in [-0.1, -0.05) is 33.3 Å². The highest BCUT2D eigenvalue weighted by Gasteiger charge is 2.32. The summed E-state index contributed by atoms with van der Waals surface area (Å²) < 4.78 is 4.73. The van der Waals surface area contributed by atoms with E-state index in [4.69, 9.17) is 4.74 Å². The van der Waals surface area contributed by atoms with Gasteiger partial charge in [0.15, 0.2) is 0 Å². The van der Waals surface area contributed by atoms with Crippen molar-refractivity contribution in [3.8, 4) is 0 Å². The molecule has 0 bridgehead atoms. The quantitative estimate of drug-likeness (QED) is 0.485. The van der Waals surface area contributed by atoms with Gasteiger partial charge in [0.05, 0.1) is 13.0 Å². The monoisotopic (exact) mass is 184 g/mol.